The molecule has 5 rings (SSSR count). The molecule has 1 saturated heterocycles. The van der Waals surface area contributed by atoms with Gasteiger partial charge in [0.2, 0.25) is 47.3 Å². The fourth-order valence-corrected chi connectivity index (χ4v) is 8.99. The SMILES string of the molecule is CCCC[C@H](NC(=O)[C@H](Cc1ccc(OS(=O)(=O)O)cc1)N1C(=O)CCC1=O)C(=O)NCC(=O)N[C@@H](Cc1c[nH]c2ccccc12)C(=O)N[C@@H](CCSC)C(=O)N[C@@H](CCC(=O)O)C(=O)NCCc1ccccc1. The molecule has 1 aliphatic rings. The third kappa shape index (κ3) is 18.0. The maximum Gasteiger partial charge on any atom is 0.446 e. The number of carboxylic acid groups (broad SMARTS) is 1. The van der Waals surface area contributed by atoms with Crippen molar-refractivity contribution in [2.45, 2.75) is 108 Å². The highest BCUT2D eigenvalue weighted by molar-refractivity contribution is 7.98. The Balaban J connectivity index is 1.30. The molecule has 22 nitrogen and oxygen atoms in total. The number of thioether (sulfide) groups is 1. The predicted octanol–water partition coefficient (Wildman–Crippen LogP) is 1.87. The third-order valence-corrected chi connectivity index (χ3v) is 13.0. The standard InChI is InChI=1S/C50H62N8O14S2/c1-3-4-13-37(57-50(68)41(58-43(60)20-21-44(58)61)27-32-15-17-34(18-16-32)72-74(69,70)71)47(65)53-30-42(59)54-40(28-33-29-52-36-14-9-8-12-35(33)36)49(67)56-39(24-26-73-2)48(66)55-38(19-22-45(62)63)46(64)51-25-23-31-10-6-5-7-11-31/h5-12,14-18,29,37-41,52H,3-4,13,19-28,30H2,1-2H3,(H,51,64)(H,53,65)(H,54,59)(H,55,66)(H,56,67)(H,57,68)(H,62,63)(H,69,70,71)/t37-,38-,39-,40-,41-/m0/s1. The number of rotatable bonds is 30. The molecule has 0 spiro atoms. The number of hydrogen-bond acceptors (Lipinski definition) is 13. The molecule has 1 fully saturated rings. The first kappa shape index (κ1) is 57.6. The number of benzene rings is 3. The van der Waals surface area contributed by atoms with Crippen molar-refractivity contribution >= 4 is 86.3 Å². The minimum Gasteiger partial charge on any atom is -0.481 e. The largest absolute Gasteiger partial charge is 0.481 e. The quantitative estimate of drug-likeness (QED) is 0.0266. The van der Waals surface area contributed by atoms with Crippen LogP contribution in [-0.4, -0.2) is 136 Å². The minimum absolute atomic E-state index is 0.0851. The average molecular weight is 1060 g/mol. The number of aromatic nitrogens is 1. The molecule has 0 aliphatic carbocycles. The van der Waals surface area contributed by atoms with Crippen LogP contribution in [0, 0.1) is 0 Å². The van der Waals surface area contributed by atoms with E-state index < -0.39 is 107 Å². The maximum absolute atomic E-state index is 14.3. The summed E-state index contributed by atoms with van der Waals surface area (Å²) in [6, 6.07) is 15.2. The zero-order valence-electron chi connectivity index (χ0n) is 40.9. The van der Waals surface area contributed by atoms with Crippen molar-refractivity contribution in [2.24, 2.45) is 0 Å². The van der Waals surface area contributed by atoms with Crippen molar-refractivity contribution in [3.8, 4) is 5.75 Å². The van der Waals surface area contributed by atoms with Gasteiger partial charge >= 0.3 is 16.4 Å². The topological polar surface area (TPSA) is 329 Å². The molecule has 0 saturated carbocycles. The van der Waals surface area contributed by atoms with Gasteiger partial charge in [-0.1, -0.05) is 80.4 Å². The predicted molar refractivity (Wildman–Crippen MR) is 272 cm³/mol. The maximum atomic E-state index is 14.3. The Morgan fingerprint density at radius 1 is 0.716 bits per heavy atom. The van der Waals surface area contributed by atoms with Crippen LogP contribution in [0.4, 0.5) is 0 Å². The van der Waals surface area contributed by atoms with E-state index in [1.54, 1.807) is 18.5 Å². The Hall–Kier alpha value is -7.31. The van der Waals surface area contributed by atoms with Gasteiger partial charge in [0, 0.05) is 55.7 Å². The smallest absolute Gasteiger partial charge is 0.446 e. The van der Waals surface area contributed by atoms with Crippen LogP contribution >= 0.6 is 11.8 Å². The van der Waals surface area contributed by atoms with Gasteiger partial charge in [0.1, 0.15) is 36.0 Å². The third-order valence-electron chi connectivity index (χ3n) is 12.0. The zero-order chi connectivity index (χ0) is 53.8. The van der Waals surface area contributed by atoms with Crippen LogP contribution in [-0.2, 0) is 72.8 Å². The van der Waals surface area contributed by atoms with Crippen molar-refractivity contribution < 1.29 is 65.4 Å². The number of likely N-dealkylation sites (tertiary alicyclic amines) is 1. The minimum atomic E-state index is -4.83. The van der Waals surface area contributed by atoms with E-state index in [2.05, 4.69) is 41.1 Å². The van der Waals surface area contributed by atoms with Gasteiger partial charge in [-0.25, -0.2) is 0 Å². The number of carboxylic acids is 1. The summed E-state index contributed by atoms with van der Waals surface area (Å²) in [6.45, 7) is 1.38. The summed E-state index contributed by atoms with van der Waals surface area (Å²) in [7, 11) is -4.83. The van der Waals surface area contributed by atoms with Crippen LogP contribution in [0.5, 0.6) is 5.75 Å². The first-order chi connectivity index (χ1) is 35.3. The van der Waals surface area contributed by atoms with Crippen LogP contribution < -0.4 is 36.1 Å². The molecule has 2 heterocycles. The van der Waals surface area contributed by atoms with E-state index in [9.17, 15) is 56.7 Å². The van der Waals surface area contributed by atoms with Crippen LogP contribution in [0.2, 0.25) is 0 Å². The Morgan fingerprint density at radius 2 is 1.32 bits per heavy atom. The summed E-state index contributed by atoms with van der Waals surface area (Å²) in [6.07, 6.45) is 3.87. The molecule has 1 aromatic heterocycles. The van der Waals surface area contributed by atoms with E-state index >= 15 is 0 Å². The molecular weight excluding hydrogens is 1000 g/mol. The summed E-state index contributed by atoms with van der Waals surface area (Å²) in [5.74, 6) is -6.89. The van der Waals surface area contributed by atoms with E-state index in [0.717, 1.165) is 21.4 Å². The summed E-state index contributed by atoms with van der Waals surface area (Å²) in [4.78, 5) is 125. The average Bonchev–Trinajstić information content (AvgIpc) is 3.94. The Kier molecular flexibility index (Phi) is 22.0. The van der Waals surface area contributed by atoms with Crippen LogP contribution in [0.25, 0.3) is 10.9 Å². The van der Waals surface area contributed by atoms with Crippen molar-refractivity contribution in [1.82, 2.24) is 41.8 Å². The lowest BCUT2D eigenvalue weighted by Gasteiger charge is -2.28. The van der Waals surface area contributed by atoms with Crippen LogP contribution in [0.1, 0.15) is 75.0 Å². The van der Waals surface area contributed by atoms with Gasteiger partial charge in [0.25, 0.3) is 0 Å². The molecule has 398 valence electrons. The number of amides is 8. The highest BCUT2D eigenvalue weighted by atomic mass is 32.3. The van der Waals surface area contributed by atoms with Gasteiger partial charge in [-0.05, 0) is 72.6 Å². The summed E-state index contributed by atoms with van der Waals surface area (Å²) >= 11 is 1.39. The summed E-state index contributed by atoms with van der Waals surface area (Å²) in [5.41, 5.74) is 2.70. The van der Waals surface area contributed by atoms with Gasteiger partial charge in [-0.3, -0.25) is 52.6 Å². The second-order valence-corrected chi connectivity index (χ2v) is 19.5. The highest BCUT2D eigenvalue weighted by Gasteiger charge is 2.40. The Bertz CT molecular complexity index is 2720. The second-order valence-electron chi connectivity index (χ2n) is 17.5. The van der Waals surface area contributed by atoms with Gasteiger partial charge < -0.3 is 46.2 Å². The van der Waals surface area contributed by atoms with Crippen molar-refractivity contribution in [2.75, 3.05) is 25.1 Å². The van der Waals surface area contributed by atoms with Crippen molar-refractivity contribution in [3.05, 3.63) is 102 Å². The number of carbonyl (C=O) groups excluding carboxylic acids is 8. The molecule has 1 aliphatic heterocycles. The first-order valence-electron chi connectivity index (χ1n) is 24.0. The number of nitrogens with one attached hydrogen (secondary N) is 7. The fraction of sp³-hybridized carbons (Fsp3) is 0.420. The van der Waals surface area contributed by atoms with Crippen molar-refractivity contribution in [1.29, 1.82) is 0 Å². The lowest BCUT2D eigenvalue weighted by Crippen LogP contribution is -2.58. The van der Waals surface area contributed by atoms with Crippen molar-refractivity contribution in [3.63, 3.8) is 0 Å². The Morgan fingerprint density at radius 3 is 1.97 bits per heavy atom. The van der Waals surface area contributed by atoms with E-state index in [4.69, 9.17) is 4.55 Å². The number of nitrogens with zero attached hydrogens (tertiary/aromatic N) is 1. The summed E-state index contributed by atoms with van der Waals surface area (Å²) < 4.78 is 35.9. The lowest BCUT2D eigenvalue weighted by atomic mass is 10.0. The van der Waals surface area contributed by atoms with Gasteiger partial charge in [0.15, 0.2) is 0 Å². The number of unbranched alkanes of at least 4 members (excludes halogenated alkanes) is 1. The van der Waals surface area contributed by atoms with E-state index in [1.165, 1.54) is 36.0 Å². The van der Waals surface area contributed by atoms with Crippen LogP contribution in [0.15, 0.2) is 85.1 Å². The van der Waals surface area contributed by atoms with Gasteiger partial charge in [-0.15, -0.1) is 0 Å². The molecule has 0 radical (unpaired) electrons. The van der Waals surface area contributed by atoms with Gasteiger partial charge in [0.05, 0.1) is 6.54 Å². The number of aromatic amines is 1. The molecule has 74 heavy (non-hydrogen) atoms. The normalized spacial score (nSPS) is 14.5. The zero-order valence-corrected chi connectivity index (χ0v) is 42.6. The fourth-order valence-electron chi connectivity index (χ4n) is 8.16. The summed E-state index contributed by atoms with van der Waals surface area (Å²) in [5, 5.41) is 26.1. The van der Waals surface area contributed by atoms with E-state index in [0.29, 0.717) is 36.1 Å². The first-order valence-corrected chi connectivity index (χ1v) is 26.8. The molecule has 24 heteroatoms. The molecule has 8 amide bonds. The van der Waals surface area contributed by atoms with E-state index in [1.807, 2.05) is 55.5 Å². The lowest BCUT2D eigenvalue weighted by molar-refractivity contribution is -0.147. The molecule has 4 aromatic rings. The molecule has 3 aromatic carbocycles. The number of para-hydroxylation sites is 1. The molecular formula is C50H62N8O14S2. The van der Waals surface area contributed by atoms with E-state index in [-0.39, 0.29) is 57.2 Å². The molecule has 5 atom stereocenters. The monoisotopic (exact) mass is 1060 g/mol. The Labute approximate surface area is 432 Å². The number of aliphatic carboxylic acids is 1. The number of hydrogen-bond donors (Lipinski definition) is 9. The van der Waals surface area contributed by atoms with Gasteiger partial charge in [-0.2, -0.15) is 20.2 Å². The molecule has 0 bridgehead atoms. The number of imide groups is 1. The highest BCUT2D eigenvalue weighted by Crippen LogP contribution is 2.23. The van der Waals surface area contributed by atoms with Crippen LogP contribution in [0.3, 0.4) is 0 Å². The molecule has 9 N–H and O–H groups in total. The number of carbonyl (C=O) groups is 9. The molecule has 0 unspecified atom stereocenters. The second kappa shape index (κ2) is 28.2. The number of fused-ring (bicyclic) bond motifs is 1. The number of H-pyrrole nitrogens is 1.